The van der Waals surface area contributed by atoms with Crippen molar-refractivity contribution in [1.29, 1.82) is 0 Å². The maximum atomic E-state index is 14.7. The summed E-state index contributed by atoms with van der Waals surface area (Å²) < 4.78 is 40.0. The van der Waals surface area contributed by atoms with Crippen molar-refractivity contribution in [2.24, 2.45) is 0 Å². The fourth-order valence-electron chi connectivity index (χ4n) is 4.34. The standard InChI is InChI=1S/C24H25FN6O2S/c1-3-16-14-26-24(27-15-16)30-10-8-18(9-11-30)31-23-7-4-17(12-22(23)28-29-31)20-6-5-19(13-21(20)25)34(2,32)33/h4-7,12-15,18H,3,8-11H2,1-2H3. The topological polar surface area (TPSA) is 93.9 Å². The number of sulfone groups is 1. The van der Waals surface area contributed by atoms with Gasteiger partial charge in [-0.1, -0.05) is 24.3 Å². The second-order valence-electron chi connectivity index (χ2n) is 8.61. The Morgan fingerprint density at radius 3 is 2.44 bits per heavy atom. The molecule has 5 rings (SSSR count). The van der Waals surface area contributed by atoms with Crippen LogP contribution in [0, 0.1) is 5.82 Å². The largest absolute Gasteiger partial charge is 0.341 e. The lowest BCUT2D eigenvalue weighted by atomic mass is 10.0. The fourth-order valence-corrected chi connectivity index (χ4v) is 4.98. The Balaban J connectivity index is 1.34. The molecule has 1 fully saturated rings. The number of anilines is 1. The number of piperidine rings is 1. The van der Waals surface area contributed by atoms with Crippen molar-refractivity contribution in [3.05, 3.63) is 60.2 Å². The Morgan fingerprint density at radius 2 is 1.79 bits per heavy atom. The Kier molecular flexibility index (Phi) is 5.76. The number of hydrogen-bond donors (Lipinski definition) is 0. The number of halogens is 1. The molecule has 0 unspecified atom stereocenters. The van der Waals surface area contributed by atoms with E-state index in [1.54, 1.807) is 6.07 Å². The molecule has 176 valence electrons. The molecule has 1 saturated heterocycles. The van der Waals surface area contributed by atoms with Gasteiger partial charge in [-0.3, -0.25) is 0 Å². The van der Waals surface area contributed by atoms with Crippen LogP contribution < -0.4 is 4.90 Å². The average molecular weight is 481 g/mol. The molecule has 2 aromatic carbocycles. The summed E-state index contributed by atoms with van der Waals surface area (Å²) in [6.07, 6.45) is 7.53. The third-order valence-electron chi connectivity index (χ3n) is 6.34. The zero-order valence-corrected chi connectivity index (χ0v) is 19.8. The number of benzene rings is 2. The van der Waals surface area contributed by atoms with Crippen LogP contribution in [-0.2, 0) is 16.3 Å². The van der Waals surface area contributed by atoms with Crippen LogP contribution in [0.25, 0.3) is 22.2 Å². The minimum absolute atomic E-state index is 0.0428. The van der Waals surface area contributed by atoms with Crippen LogP contribution >= 0.6 is 0 Å². The molecule has 0 saturated carbocycles. The van der Waals surface area contributed by atoms with Crippen LogP contribution in [0.4, 0.5) is 10.3 Å². The molecule has 0 spiro atoms. The second-order valence-corrected chi connectivity index (χ2v) is 10.6. The molecule has 0 amide bonds. The maximum Gasteiger partial charge on any atom is 0.225 e. The van der Waals surface area contributed by atoms with Gasteiger partial charge in [0.15, 0.2) is 9.84 Å². The van der Waals surface area contributed by atoms with Gasteiger partial charge < -0.3 is 4.90 Å². The van der Waals surface area contributed by atoms with E-state index in [0.717, 1.165) is 61.7 Å². The van der Waals surface area contributed by atoms with Crippen LogP contribution in [0.1, 0.15) is 31.4 Å². The molecule has 10 heteroatoms. The van der Waals surface area contributed by atoms with Crippen LogP contribution in [0.5, 0.6) is 0 Å². The molecule has 8 nitrogen and oxygen atoms in total. The number of aryl methyl sites for hydroxylation is 1. The van der Waals surface area contributed by atoms with E-state index in [9.17, 15) is 12.8 Å². The molecule has 0 atom stereocenters. The minimum Gasteiger partial charge on any atom is -0.341 e. The first-order valence-corrected chi connectivity index (χ1v) is 13.1. The number of rotatable bonds is 5. The fraction of sp³-hybridized carbons (Fsp3) is 0.333. The van der Waals surface area contributed by atoms with Crippen LogP contribution in [0.3, 0.4) is 0 Å². The van der Waals surface area contributed by atoms with Gasteiger partial charge in [0.1, 0.15) is 11.3 Å². The van der Waals surface area contributed by atoms with Gasteiger partial charge in [-0.15, -0.1) is 5.10 Å². The Bertz CT molecular complexity index is 1440. The molecular weight excluding hydrogens is 455 g/mol. The van der Waals surface area contributed by atoms with E-state index in [-0.39, 0.29) is 10.9 Å². The molecule has 0 N–H and O–H groups in total. The molecule has 0 radical (unpaired) electrons. The van der Waals surface area contributed by atoms with Gasteiger partial charge in [0.05, 0.1) is 16.5 Å². The van der Waals surface area contributed by atoms with E-state index < -0.39 is 15.7 Å². The summed E-state index contributed by atoms with van der Waals surface area (Å²) in [7, 11) is -3.47. The number of aromatic nitrogens is 5. The lowest BCUT2D eigenvalue weighted by Crippen LogP contribution is -2.36. The minimum atomic E-state index is -3.47. The summed E-state index contributed by atoms with van der Waals surface area (Å²) in [4.78, 5) is 11.1. The van der Waals surface area contributed by atoms with E-state index >= 15 is 0 Å². The van der Waals surface area contributed by atoms with Gasteiger partial charge in [0.25, 0.3) is 0 Å². The van der Waals surface area contributed by atoms with E-state index in [2.05, 4.69) is 32.1 Å². The summed E-state index contributed by atoms with van der Waals surface area (Å²) in [5, 5.41) is 8.71. The van der Waals surface area contributed by atoms with Gasteiger partial charge in [0, 0.05) is 37.3 Å². The predicted molar refractivity (Wildman–Crippen MR) is 128 cm³/mol. The quantitative estimate of drug-likeness (QED) is 0.428. The molecule has 0 bridgehead atoms. The SMILES string of the molecule is CCc1cnc(N2CCC(n3nnc4cc(-c5ccc(S(C)(=O)=O)cc5F)ccc43)CC2)nc1. The Morgan fingerprint density at radius 1 is 1.06 bits per heavy atom. The molecule has 1 aliphatic heterocycles. The van der Waals surface area contributed by atoms with Crippen molar-refractivity contribution >= 4 is 26.8 Å². The zero-order valence-electron chi connectivity index (χ0n) is 19.0. The summed E-state index contributed by atoms with van der Waals surface area (Å²) in [5.41, 5.74) is 3.63. The number of hydrogen-bond acceptors (Lipinski definition) is 7. The molecular formula is C24H25FN6O2S. The van der Waals surface area contributed by atoms with Crippen molar-refractivity contribution in [3.63, 3.8) is 0 Å². The summed E-state index contributed by atoms with van der Waals surface area (Å²) in [6, 6.07) is 9.67. The van der Waals surface area contributed by atoms with Crippen LogP contribution in [0.2, 0.25) is 0 Å². The van der Waals surface area contributed by atoms with Crippen molar-refractivity contribution in [2.75, 3.05) is 24.2 Å². The predicted octanol–water partition coefficient (Wildman–Crippen LogP) is 3.83. The number of nitrogens with zero attached hydrogens (tertiary/aromatic N) is 6. The molecule has 3 heterocycles. The molecule has 2 aromatic heterocycles. The monoisotopic (exact) mass is 480 g/mol. The molecule has 4 aromatic rings. The highest BCUT2D eigenvalue weighted by atomic mass is 32.2. The third kappa shape index (κ3) is 4.25. The first kappa shape index (κ1) is 22.4. The molecule has 1 aliphatic rings. The summed E-state index contributed by atoms with van der Waals surface area (Å²) in [6.45, 7) is 3.74. The normalized spacial score (nSPS) is 15.2. The van der Waals surface area contributed by atoms with Crippen LogP contribution in [0.15, 0.2) is 53.7 Å². The highest BCUT2D eigenvalue weighted by molar-refractivity contribution is 7.90. The van der Waals surface area contributed by atoms with Crippen LogP contribution in [-0.4, -0.2) is 52.7 Å². The van der Waals surface area contributed by atoms with Gasteiger partial charge >= 0.3 is 0 Å². The van der Waals surface area contributed by atoms with Crippen molar-refractivity contribution < 1.29 is 12.8 Å². The van der Waals surface area contributed by atoms with Crippen molar-refractivity contribution in [2.45, 2.75) is 37.1 Å². The van der Waals surface area contributed by atoms with Gasteiger partial charge in [-0.25, -0.2) is 27.5 Å². The lowest BCUT2D eigenvalue weighted by Gasteiger charge is -2.32. The number of fused-ring (bicyclic) bond motifs is 1. The van der Waals surface area contributed by atoms with Crippen molar-refractivity contribution in [1.82, 2.24) is 25.0 Å². The maximum absolute atomic E-state index is 14.7. The third-order valence-corrected chi connectivity index (χ3v) is 7.45. The smallest absolute Gasteiger partial charge is 0.225 e. The van der Waals surface area contributed by atoms with Gasteiger partial charge in [-0.05, 0) is 54.7 Å². The van der Waals surface area contributed by atoms with Gasteiger partial charge in [0.2, 0.25) is 5.95 Å². The summed E-state index contributed by atoms with van der Waals surface area (Å²) in [5.74, 6) is 0.170. The zero-order chi connectivity index (χ0) is 23.9. The lowest BCUT2D eigenvalue weighted by molar-refractivity contribution is 0.367. The first-order valence-electron chi connectivity index (χ1n) is 11.2. The Hall–Kier alpha value is -3.40. The van der Waals surface area contributed by atoms with E-state index in [0.29, 0.717) is 16.6 Å². The Labute approximate surface area is 197 Å². The van der Waals surface area contributed by atoms with Gasteiger partial charge in [-0.2, -0.15) is 0 Å². The second kappa shape index (κ2) is 8.75. The van der Waals surface area contributed by atoms with E-state index in [1.807, 2.05) is 29.2 Å². The molecule has 34 heavy (non-hydrogen) atoms. The average Bonchev–Trinajstić information content (AvgIpc) is 3.27. The van der Waals surface area contributed by atoms with E-state index in [4.69, 9.17) is 0 Å². The first-order chi connectivity index (χ1) is 16.3. The van der Waals surface area contributed by atoms with Crippen molar-refractivity contribution in [3.8, 4) is 11.1 Å². The van der Waals surface area contributed by atoms with E-state index in [1.165, 1.54) is 12.1 Å². The summed E-state index contributed by atoms with van der Waals surface area (Å²) >= 11 is 0. The highest BCUT2D eigenvalue weighted by Gasteiger charge is 2.24. The molecule has 0 aliphatic carbocycles. The highest BCUT2D eigenvalue weighted by Crippen LogP contribution is 2.31.